The quantitative estimate of drug-likeness (QED) is 0.524. The normalized spacial score (nSPS) is 12.2. The van der Waals surface area contributed by atoms with Crippen molar-refractivity contribution in [1.29, 1.82) is 0 Å². The van der Waals surface area contributed by atoms with E-state index in [4.69, 9.17) is 14.6 Å². The first kappa shape index (κ1) is 18.9. The molecule has 136 valence electrons. The van der Waals surface area contributed by atoms with Gasteiger partial charge in [0.25, 0.3) is 5.88 Å². The molecule has 0 unspecified atom stereocenters. The number of rotatable bonds is 10. The Morgan fingerprint density at radius 1 is 1.24 bits per heavy atom. The molecule has 1 N–H and O–H groups in total. The van der Waals surface area contributed by atoms with E-state index in [9.17, 15) is 4.79 Å². The molecule has 2 aromatic rings. The number of aliphatic hydroxyl groups excluding tert-OH is 1. The summed E-state index contributed by atoms with van der Waals surface area (Å²) in [4.78, 5) is 12.5. The molecule has 0 aliphatic heterocycles. The van der Waals surface area contributed by atoms with Crippen molar-refractivity contribution >= 4 is 5.97 Å². The lowest BCUT2D eigenvalue weighted by atomic mass is 10.1. The van der Waals surface area contributed by atoms with Gasteiger partial charge in [0.1, 0.15) is 6.61 Å². The van der Waals surface area contributed by atoms with Crippen LogP contribution in [0.3, 0.4) is 0 Å². The second-order valence-corrected chi connectivity index (χ2v) is 6.10. The summed E-state index contributed by atoms with van der Waals surface area (Å²) in [5, 5.41) is 16.7. The third kappa shape index (κ3) is 5.86. The van der Waals surface area contributed by atoms with Crippen molar-refractivity contribution in [2.75, 3.05) is 13.2 Å². The molecule has 1 aromatic carbocycles. The number of hydrogen-bond donors (Lipinski definition) is 1. The number of aromatic nitrogens is 3. The van der Waals surface area contributed by atoms with Crippen LogP contribution in [0, 0.1) is 5.92 Å². The first-order chi connectivity index (χ1) is 12.1. The maximum absolute atomic E-state index is 12.5. The van der Waals surface area contributed by atoms with E-state index in [1.54, 1.807) is 6.20 Å². The summed E-state index contributed by atoms with van der Waals surface area (Å²) < 4.78 is 12.4. The van der Waals surface area contributed by atoms with E-state index in [0.717, 1.165) is 12.0 Å². The molecule has 1 aromatic heterocycles. The smallest absolute Gasteiger partial charge is 0.331 e. The lowest BCUT2D eigenvalue weighted by molar-refractivity contribution is -0.151. The van der Waals surface area contributed by atoms with Gasteiger partial charge >= 0.3 is 5.97 Å². The molecule has 0 saturated carbocycles. The molecule has 0 aliphatic rings. The molecule has 7 heteroatoms. The van der Waals surface area contributed by atoms with Gasteiger partial charge in [0, 0.05) is 6.61 Å². The van der Waals surface area contributed by atoms with E-state index < -0.39 is 6.04 Å². The van der Waals surface area contributed by atoms with Crippen molar-refractivity contribution in [2.45, 2.75) is 39.3 Å². The van der Waals surface area contributed by atoms with E-state index in [-0.39, 0.29) is 25.1 Å². The van der Waals surface area contributed by atoms with Crippen LogP contribution in [0.25, 0.3) is 0 Å². The van der Waals surface area contributed by atoms with Gasteiger partial charge in [-0.05, 0) is 24.3 Å². The van der Waals surface area contributed by atoms with Crippen LogP contribution in [-0.2, 0) is 16.1 Å². The van der Waals surface area contributed by atoms with Crippen molar-refractivity contribution in [2.24, 2.45) is 5.92 Å². The van der Waals surface area contributed by atoms with Gasteiger partial charge in [0.2, 0.25) is 0 Å². The Balaban J connectivity index is 1.95. The predicted octanol–water partition coefficient (Wildman–Crippen LogP) is 2.37. The molecule has 0 radical (unpaired) electrons. The Morgan fingerprint density at radius 2 is 2.00 bits per heavy atom. The van der Waals surface area contributed by atoms with Crippen LogP contribution in [-0.4, -0.2) is 39.3 Å². The Bertz CT molecular complexity index is 643. The van der Waals surface area contributed by atoms with E-state index in [1.807, 2.05) is 44.2 Å². The summed E-state index contributed by atoms with van der Waals surface area (Å²) in [5.41, 5.74) is 0.935. The fourth-order valence-electron chi connectivity index (χ4n) is 2.35. The number of carbonyl (C=O) groups excluding carboxylic acids is 1. The molecule has 2 rings (SSSR count). The largest absolute Gasteiger partial charge is 0.475 e. The number of benzene rings is 1. The molecule has 0 amide bonds. The van der Waals surface area contributed by atoms with Crippen LogP contribution in [0.4, 0.5) is 0 Å². The summed E-state index contributed by atoms with van der Waals surface area (Å²) in [6.07, 6.45) is 3.01. The first-order valence-electron chi connectivity index (χ1n) is 8.48. The molecule has 0 saturated heterocycles. The second-order valence-electron chi connectivity index (χ2n) is 6.10. The second kappa shape index (κ2) is 9.78. The number of aliphatic hydroxyl groups is 1. The molecular weight excluding hydrogens is 322 g/mol. The molecule has 0 aliphatic carbocycles. The Kier molecular flexibility index (Phi) is 7.40. The zero-order valence-electron chi connectivity index (χ0n) is 14.7. The summed E-state index contributed by atoms with van der Waals surface area (Å²) in [5.74, 6) is 0.00208. The van der Waals surface area contributed by atoms with Crippen molar-refractivity contribution in [1.82, 2.24) is 15.0 Å². The highest BCUT2D eigenvalue weighted by Crippen LogP contribution is 2.21. The molecular formula is C18H25N3O4. The zero-order valence-corrected chi connectivity index (χ0v) is 14.7. The third-order valence-corrected chi connectivity index (χ3v) is 3.67. The summed E-state index contributed by atoms with van der Waals surface area (Å²) in [6, 6.07) is 8.98. The van der Waals surface area contributed by atoms with Crippen LogP contribution in [0.1, 0.15) is 38.3 Å². The molecule has 0 bridgehead atoms. The monoisotopic (exact) mass is 347 g/mol. The van der Waals surface area contributed by atoms with Gasteiger partial charge in [-0.3, -0.25) is 0 Å². The van der Waals surface area contributed by atoms with Gasteiger partial charge in [-0.2, -0.15) is 0 Å². The van der Waals surface area contributed by atoms with E-state index in [0.29, 0.717) is 18.9 Å². The average molecular weight is 347 g/mol. The fourth-order valence-corrected chi connectivity index (χ4v) is 2.35. The minimum absolute atomic E-state index is 0.00721. The molecule has 7 nitrogen and oxygen atoms in total. The van der Waals surface area contributed by atoms with Crippen molar-refractivity contribution in [3.05, 3.63) is 42.1 Å². The number of unbranched alkanes of at least 4 members (excludes halogenated alkanes) is 1. The van der Waals surface area contributed by atoms with Gasteiger partial charge in [-0.15, -0.1) is 0 Å². The number of hydrogen-bond acceptors (Lipinski definition) is 6. The van der Waals surface area contributed by atoms with Crippen LogP contribution in [0.2, 0.25) is 0 Å². The Labute approximate surface area is 147 Å². The third-order valence-electron chi connectivity index (χ3n) is 3.67. The minimum atomic E-state index is -0.564. The summed E-state index contributed by atoms with van der Waals surface area (Å²) >= 11 is 0. The van der Waals surface area contributed by atoms with Gasteiger partial charge in [0.15, 0.2) is 6.04 Å². The highest BCUT2D eigenvalue weighted by Gasteiger charge is 2.27. The Morgan fingerprint density at radius 3 is 2.68 bits per heavy atom. The van der Waals surface area contributed by atoms with Crippen molar-refractivity contribution < 1.29 is 19.4 Å². The number of esters is 1. The van der Waals surface area contributed by atoms with Gasteiger partial charge in [-0.1, -0.05) is 54.5 Å². The Hall–Kier alpha value is -2.41. The van der Waals surface area contributed by atoms with Crippen LogP contribution in [0.15, 0.2) is 36.5 Å². The summed E-state index contributed by atoms with van der Waals surface area (Å²) in [7, 11) is 0. The first-order valence-corrected chi connectivity index (χ1v) is 8.48. The van der Waals surface area contributed by atoms with Gasteiger partial charge in [0.05, 0.1) is 12.8 Å². The number of nitrogens with zero attached hydrogens (tertiary/aromatic N) is 3. The van der Waals surface area contributed by atoms with Crippen molar-refractivity contribution in [3.8, 4) is 5.88 Å². The lowest BCUT2D eigenvalue weighted by Crippen LogP contribution is -2.27. The van der Waals surface area contributed by atoms with Crippen molar-refractivity contribution in [3.63, 3.8) is 0 Å². The maximum Gasteiger partial charge on any atom is 0.331 e. The standard InChI is InChI=1S/C18H25N3O4/c1-14(2)17(18(23)25-13-15-8-4-3-5-9-15)21-12-16(19-20-21)24-11-7-6-10-22/h3-5,8-9,12,14,17,22H,6-7,10-11,13H2,1-2H3/t17-/m0/s1. The lowest BCUT2D eigenvalue weighted by Gasteiger charge is -2.19. The SMILES string of the molecule is CC(C)[C@@H](C(=O)OCc1ccccc1)n1cc(OCCCCO)nn1. The predicted molar refractivity (Wildman–Crippen MR) is 91.9 cm³/mol. The topological polar surface area (TPSA) is 86.5 Å². The van der Waals surface area contributed by atoms with Crippen LogP contribution in [0.5, 0.6) is 5.88 Å². The minimum Gasteiger partial charge on any atom is -0.475 e. The van der Waals surface area contributed by atoms with E-state index in [1.165, 1.54) is 4.68 Å². The highest BCUT2D eigenvalue weighted by atomic mass is 16.5. The van der Waals surface area contributed by atoms with E-state index in [2.05, 4.69) is 10.3 Å². The molecule has 0 fully saturated rings. The molecule has 0 spiro atoms. The van der Waals surface area contributed by atoms with Gasteiger partial charge < -0.3 is 14.6 Å². The fraction of sp³-hybridized carbons (Fsp3) is 0.500. The van der Waals surface area contributed by atoms with Crippen LogP contribution < -0.4 is 4.74 Å². The number of ether oxygens (including phenoxy) is 2. The average Bonchev–Trinajstić information content (AvgIpc) is 3.06. The maximum atomic E-state index is 12.5. The van der Waals surface area contributed by atoms with Gasteiger partial charge in [-0.25, -0.2) is 9.48 Å². The highest BCUT2D eigenvalue weighted by molar-refractivity contribution is 5.74. The summed E-state index contributed by atoms with van der Waals surface area (Å²) in [6.45, 7) is 4.67. The molecule has 25 heavy (non-hydrogen) atoms. The zero-order chi connectivity index (χ0) is 18.1. The molecule has 1 atom stereocenters. The van der Waals surface area contributed by atoms with E-state index >= 15 is 0 Å². The molecule has 1 heterocycles. The number of carbonyl (C=O) groups is 1. The van der Waals surface area contributed by atoms with Crippen LogP contribution >= 0.6 is 0 Å².